The number of hydrogen-bond donors (Lipinski definition) is 1. The minimum absolute atomic E-state index is 0.199. The molecule has 8 heteroatoms. The minimum Gasteiger partial charge on any atom is -0.305 e. The highest BCUT2D eigenvalue weighted by Crippen LogP contribution is 2.24. The SMILES string of the molecule is Cc1ccc(C=NNC(=O)CSc2nnc(-c3cccc(Br)c3)n2C)cc1. The van der Waals surface area contributed by atoms with Crippen molar-refractivity contribution in [2.45, 2.75) is 12.1 Å². The molecule has 1 N–H and O–H groups in total. The highest BCUT2D eigenvalue weighted by atomic mass is 79.9. The Labute approximate surface area is 170 Å². The molecular formula is C19H18BrN5OS. The number of carbonyl (C=O) groups is 1. The highest BCUT2D eigenvalue weighted by Gasteiger charge is 2.13. The van der Waals surface area contributed by atoms with Gasteiger partial charge in [-0.25, -0.2) is 5.43 Å². The summed E-state index contributed by atoms with van der Waals surface area (Å²) < 4.78 is 2.85. The van der Waals surface area contributed by atoms with Gasteiger partial charge in [0.05, 0.1) is 12.0 Å². The quantitative estimate of drug-likeness (QED) is 0.357. The number of nitrogens with one attached hydrogen (secondary N) is 1. The molecule has 0 aliphatic rings. The van der Waals surface area contributed by atoms with Crippen molar-refractivity contribution in [1.82, 2.24) is 20.2 Å². The number of aryl methyl sites for hydroxylation is 1. The van der Waals surface area contributed by atoms with E-state index in [0.29, 0.717) is 5.16 Å². The predicted molar refractivity (Wildman–Crippen MR) is 112 cm³/mol. The molecule has 0 unspecified atom stereocenters. The molecule has 3 aromatic rings. The molecule has 0 atom stereocenters. The standard InChI is InChI=1S/C19H18BrN5OS/c1-13-6-8-14(9-7-13)11-21-22-17(26)12-27-19-24-23-18(25(19)2)15-4-3-5-16(20)10-15/h3-11H,12H2,1-2H3,(H,22,26). The van der Waals surface area contributed by atoms with E-state index in [1.54, 1.807) is 6.21 Å². The van der Waals surface area contributed by atoms with Crippen LogP contribution < -0.4 is 5.43 Å². The largest absolute Gasteiger partial charge is 0.305 e. The molecule has 3 rings (SSSR count). The van der Waals surface area contributed by atoms with Gasteiger partial charge in [-0.3, -0.25) is 4.79 Å². The van der Waals surface area contributed by atoms with Crippen LogP contribution in [-0.4, -0.2) is 32.6 Å². The van der Waals surface area contributed by atoms with Crippen molar-refractivity contribution in [2.75, 3.05) is 5.75 Å². The van der Waals surface area contributed by atoms with Crippen molar-refractivity contribution in [3.8, 4) is 11.4 Å². The molecule has 1 amide bonds. The van der Waals surface area contributed by atoms with Crippen LogP contribution in [0.4, 0.5) is 0 Å². The van der Waals surface area contributed by atoms with E-state index in [1.807, 2.05) is 67.1 Å². The molecule has 0 saturated carbocycles. The summed E-state index contributed by atoms with van der Waals surface area (Å²) in [6, 6.07) is 15.7. The molecule has 27 heavy (non-hydrogen) atoms. The van der Waals surface area contributed by atoms with Gasteiger partial charge in [-0.1, -0.05) is 69.7 Å². The zero-order valence-corrected chi connectivity index (χ0v) is 17.3. The van der Waals surface area contributed by atoms with E-state index in [-0.39, 0.29) is 11.7 Å². The van der Waals surface area contributed by atoms with Crippen LogP contribution in [0.15, 0.2) is 63.3 Å². The van der Waals surface area contributed by atoms with Crippen LogP contribution in [0.1, 0.15) is 11.1 Å². The summed E-state index contributed by atoms with van der Waals surface area (Å²) >= 11 is 4.77. The van der Waals surface area contributed by atoms with Crippen LogP contribution in [0.5, 0.6) is 0 Å². The number of hydrogen-bond acceptors (Lipinski definition) is 5. The molecule has 1 heterocycles. The Balaban J connectivity index is 1.55. The van der Waals surface area contributed by atoms with Gasteiger partial charge in [0.15, 0.2) is 11.0 Å². The maximum Gasteiger partial charge on any atom is 0.250 e. The molecule has 0 aliphatic heterocycles. The second kappa shape index (κ2) is 8.96. The minimum atomic E-state index is -0.199. The van der Waals surface area contributed by atoms with Crippen molar-refractivity contribution < 1.29 is 4.79 Å². The van der Waals surface area contributed by atoms with Gasteiger partial charge < -0.3 is 4.57 Å². The summed E-state index contributed by atoms with van der Waals surface area (Å²) in [5.74, 6) is 0.752. The second-order valence-corrected chi connectivity index (χ2v) is 7.73. The number of rotatable bonds is 6. The average Bonchev–Trinajstić information content (AvgIpc) is 3.02. The van der Waals surface area contributed by atoms with Crippen LogP contribution in [-0.2, 0) is 11.8 Å². The van der Waals surface area contributed by atoms with Crippen molar-refractivity contribution in [3.63, 3.8) is 0 Å². The topological polar surface area (TPSA) is 72.2 Å². The third kappa shape index (κ3) is 5.27. The van der Waals surface area contributed by atoms with E-state index in [4.69, 9.17) is 0 Å². The first kappa shape index (κ1) is 19.3. The number of thioether (sulfide) groups is 1. The number of benzene rings is 2. The van der Waals surface area contributed by atoms with Gasteiger partial charge in [0, 0.05) is 17.1 Å². The number of carbonyl (C=O) groups excluding carboxylic acids is 1. The zero-order valence-electron chi connectivity index (χ0n) is 14.9. The summed E-state index contributed by atoms with van der Waals surface area (Å²) in [7, 11) is 1.88. The number of amides is 1. The first-order valence-corrected chi connectivity index (χ1v) is 9.97. The van der Waals surface area contributed by atoms with Crippen LogP contribution in [0.2, 0.25) is 0 Å². The van der Waals surface area contributed by atoms with E-state index in [0.717, 1.165) is 21.4 Å². The van der Waals surface area contributed by atoms with Gasteiger partial charge in [-0.2, -0.15) is 5.10 Å². The first-order chi connectivity index (χ1) is 13.0. The van der Waals surface area contributed by atoms with E-state index >= 15 is 0 Å². The Bertz CT molecular complexity index is 968. The summed E-state index contributed by atoms with van der Waals surface area (Å²) in [6.07, 6.45) is 1.62. The van der Waals surface area contributed by atoms with Crippen LogP contribution in [0.3, 0.4) is 0 Å². The number of nitrogens with zero attached hydrogens (tertiary/aromatic N) is 4. The number of halogens is 1. The monoisotopic (exact) mass is 443 g/mol. The molecule has 6 nitrogen and oxygen atoms in total. The zero-order chi connectivity index (χ0) is 19.2. The normalized spacial score (nSPS) is 11.1. The fourth-order valence-electron chi connectivity index (χ4n) is 2.31. The molecule has 0 aliphatic carbocycles. The summed E-state index contributed by atoms with van der Waals surface area (Å²) in [5.41, 5.74) is 5.59. The Hall–Kier alpha value is -2.45. The molecule has 1 aromatic heterocycles. The van der Waals surface area contributed by atoms with Crippen LogP contribution in [0.25, 0.3) is 11.4 Å². The van der Waals surface area contributed by atoms with E-state index in [9.17, 15) is 4.79 Å². The highest BCUT2D eigenvalue weighted by molar-refractivity contribution is 9.10. The number of hydrazone groups is 1. The lowest BCUT2D eigenvalue weighted by Gasteiger charge is -2.04. The Kier molecular flexibility index (Phi) is 6.41. The fourth-order valence-corrected chi connectivity index (χ4v) is 3.42. The van der Waals surface area contributed by atoms with Gasteiger partial charge >= 0.3 is 0 Å². The molecular weight excluding hydrogens is 426 g/mol. The van der Waals surface area contributed by atoms with Gasteiger partial charge in [0.1, 0.15) is 0 Å². The van der Waals surface area contributed by atoms with Crippen molar-refractivity contribution >= 4 is 39.8 Å². The van der Waals surface area contributed by atoms with E-state index < -0.39 is 0 Å². The lowest BCUT2D eigenvalue weighted by atomic mass is 10.2. The second-order valence-electron chi connectivity index (χ2n) is 5.87. The van der Waals surface area contributed by atoms with Gasteiger partial charge in [-0.15, -0.1) is 10.2 Å². The van der Waals surface area contributed by atoms with Gasteiger partial charge in [-0.05, 0) is 24.6 Å². The maximum atomic E-state index is 12.0. The van der Waals surface area contributed by atoms with Crippen molar-refractivity contribution in [3.05, 3.63) is 64.1 Å². The van der Waals surface area contributed by atoms with Crippen LogP contribution in [0, 0.1) is 6.92 Å². The van der Waals surface area contributed by atoms with Crippen LogP contribution >= 0.6 is 27.7 Å². The molecule has 0 spiro atoms. The smallest absolute Gasteiger partial charge is 0.250 e. The fraction of sp³-hybridized carbons (Fsp3) is 0.158. The molecule has 0 saturated heterocycles. The van der Waals surface area contributed by atoms with E-state index in [1.165, 1.54) is 17.3 Å². The third-order valence-electron chi connectivity index (χ3n) is 3.73. The lowest BCUT2D eigenvalue weighted by molar-refractivity contribution is -0.118. The van der Waals surface area contributed by atoms with Gasteiger partial charge in [0.2, 0.25) is 0 Å². The lowest BCUT2D eigenvalue weighted by Crippen LogP contribution is -2.19. The van der Waals surface area contributed by atoms with Gasteiger partial charge in [0.25, 0.3) is 5.91 Å². The third-order valence-corrected chi connectivity index (χ3v) is 5.24. The maximum absolute atomic E-state index is 12.0. The first-order valence-electron chi connectivity index (χ1n) is 8.19. The van der Waals surface area contributed by atoms with Crippen molar-refractivity contribution in [2.24, 2.45) is 12.1 Å². The number of aromatic nitrogens is 3. The summed E-state index contributed by atoms with van der Waals surface area (Å²) in [5, 5.41) is 13.0. The molecule has 138 valence electrons. The van der Waals surface area contributed by atoms with Crippen molar-refractivity contribution in [1.29, 1.82) is 0 Å². The molecule has 0 radical (unpaired) electrons. The molecule has 0 fully saturated rings. The Morgan fingerprint density at radius 1 is 1.26 bits per heavy atom. The average molecular weight is 444 g/mol. The predicted octanol–water partition coefficient (Wildman–Crippen LogP) is 3.80. The van der Waals surface area contributed by atoms with E-state index in [2.05, 4.69) is 36.7 Å². The molecule has 2 aromatic carbocycles. The Morgan fingerprint density at radius 2 is 2.04 bits per heavy atom. The summed E-state index contributed by atoms with van der Waals surface area (Å²) in [4.78, 5) is 12.0. The Morgan fingerprint density at radius 3 is 2.78 bits per heavy atom. The molecule has 0 bridgehead atoms. The summed E-state index contributed by atoms with van der Waals surface area (Å²) in [6.45, 7) is 2.02.